The summed E-state index contributed by atoms with van der Waals surface area (Å²) >= 11 is 0. The first-order chi connectivity index (χ1) is 15.0. The zero-order chi connectivity index (χ0) is 25.3. The van der Waals surface area contributed by atoms with Crippen LogP contribution in [0.4, 0.5) is 0 Å². The van der Waals surface area contributed by atoms with Gasteiger partial charge in [-0.25, -0.2) is 0 Å². The van der Waals surface area contributed by atoms with Crippen molar-refractivity contribution in [3.05, 3.63) is 28.5 Å². The van der Waals surface area contributed by atoms with Gasteiger partial charge in [-0.2, -0.15) is 0 Å². The molecule has 3 rings (SSSR count). The molecule has 1 aliphatic heterocycles. The van der Waals surface area contributed by atoms with Crippen LogP contribution in [0.15, 0.2) is 17.4 Å². The van der Waals surface area contributed by atoms with E-state index in [1.165, 1.54) is 0 Å². The third-order valence-corrected chi connectivity index (χ3v) is 7.00. The molecule has 0 amide bonds. The predicted octanol–water partition coefficient (Wildman–Crippen LogP) is 4.98. The van der Waals surface area contributed by atoms with Gasteiger partial charge in [0.05, 0.1) is 10.8 Å². The lowest BCUT2D eigenvalue weighted by molar-refractivity contribution is -0.209. The lowest BCUT2D eigenvalue weighted by atomic mass is 9.57. The van der Waals surface area contributed by atoms with Crippen LogP contribution >= 0.6 is 0 Å². The fourth-order valence-corrected chi connectivity index (χ4v) is 5.29. The molecule has 0 aromatic heterocycles. The molecule has 4 N–H and O–H groups in total. The Balaban J connectivity index is 2.46. The van der Waals surface area contributed by atoms with Crippen molar-refractivity contribution in [2.45, 2.75) is 79.9 Å². The molecule has 1 aromatic rings. The number of ether oxygens (including phenoxy) is 1. The number of aromatic hydroxyl groups is 2. The van der Waals surface area contributed by atoms with Crippen LogP contribution in [0.1, 0.15) is 90.1 Å². The molecular formula is C26H36O7. The van der Waals surface area contributed by atoms with Gasteiger partial charge in [0.25, 0.3) is 0 Å². The SMILES string of the molecule is CC(C)CC(=O)c1c(O)cc(O)c2c1OC1(O)C(=C(O)C(C)(C)C(=O)C1(C)C)C2CC(C)C. The summed E-state index contributed by atoms with van der Waals surface area (Å²) in [6.45, 7) is 13.9. The summed E-state index contributed by atoms with van der Waals surface area (Å²) in [5.41, 5.74) is -2.58. The standard InChI is InChI=1S/C26H36O7/c1-12(2)9-14-18-16(28)11-17(29)19(15(27)10-13(3)4)21(18)33-26(32)20(14)22(30)24(5,6)23(31)25(26,7)8/h11-14,28-30,32H,9-10H2,1-8H3. The summed E-state index contributed by atoms with van der Waals surface area (Å²) in [5, 5.41) is 44.7. The molecule has 2 unspecified atom stereocenters. The van der Waals surface area contributed by atoms with Crippen LogP contribution in [-0.4, -0.2) is 37.8 Å². The summed E-state index contributed by atoms with van der Waals surface area (Å²) in [6, 6.07) is 1.11. The number of allylic oxidation sites excluding steroid dienone is 1. The number of rotatable bonds is 5. The van der Waals surface area contributed by atoms with Gasteiger partial charge in [-0.1, -0.05) is 27.7 Å². The van der Waals surface area contributed by atoms with E-state index in [0.29, 0.717) is 6.42 Å². The fraction of sp³-hybridized carbons (Fsp3) is 0.615. The normalized spacial score (nSPS) is 25.7. The predicted molar refractivity (Wildman–Crippen MR) is 124 cm³/mol. The van der Waals surface area contributed by atoms with E-state index in [1.807, 2.05) is 27.7 Å². The molecule has 0 spiro atoms. The number of ketones is 2. The molecule has 0 fully saturated rings. The van der Waals surface area contributed by atoms with Gasteiger partial charge in [0.15, 0.2) is 11.6 Å². The number of aliphatic hydroxyl groups excluding tert-OH is 1. The highest BCUT2D eigenvalue weighted by Gasteiger charge is 2.67. The van der Waals surface area contributed by atoms with Gasteiger partial charge >= 0.3 is 0 Å². The van der Waals surface area contributed by atoms with E-state index in [2.05, 4.69) is 0 Å². The fourth-order valence-electron chi connectivity index (χ4n) is 5.29. The van der Waals surface area contributed by atoms with E-state index < -0.39 is 39.9 Å². The lowest BCUT2D eigenvalue weighted by Gasteiger charge is -2.54. The van der Waals surface area contributed by atoms with Crippen LogP contribution in [-0.2, 0) is 4.79 Å². The molecule has 2 aliphatic rings. The van der Waals surface area contributed by atoms with Gasteiger partial charge in [-0.05, 0) is 46.0 Å². The van der Waals surface area contributed by atoms with Crippen LogP contribution in [0.25, 0.3) is 0 Å². The maximum absolute atomic E-state index is 13.4. The lowest BCUT2D eigenvalue weighted by Crippen LogP contribution is -2.64. The Bertz CT molecular complexity index is 1050. The maximum atomic E-state index is 13.4. The second-order valence-corrected chi connectivity index (χ2v) is 11.3. The number of aliphatic hydroxyl groups is 2. The number of benzene rings is 1. The Morgan fingerprint density at radius 1 is 1.03 bits per heavy atom. The minimum absolute atomic E-state index is 0.00695. The highest BCUT2D eigenvalue weighted by molar-refractivity contribution is 6.03. The summed E-state index contributed by atoms with van der Waals surface area (Å²) < 4.78 is 6.06. The molecule has 2 atom stereocenters. The van der Waals surface area contributed by atoms with Crippen molar-refractivity contribution in [2.75, 3.05) is 0 Å². The Hall–Kier alpha value is -2.54. The summed E-state index contributed by atoms with van der Waals surface area (Å²) in [5.74, 6) is -4.97. The third kappa shape index (κ3) is 3.52. The van der Waals surface area contributed by atoms with Crippen LogP contribution in [0.2, 0.25) is 0 Å². The van der Waals surface area contributed by atoms with Crippen LogP contribution in [0.5, 0.6) is 17.2 Å². The Labute approximate surface area is 195 Å². The first-order valence-corrected chi connectivity index (χ1v) is 11.5. The van der Waals surface area contributed by atoms with Crippen molar-refractivity contribution in [2.24, 2.45) is 22.7 Å². The molecule has 7 nitrogen and oxygen atoms in total. The highest BCUT2D eigenvalue weighted by atomic mass is 16.6. The number of phenolic OH excluding ortho intramolecular Hbond substituents is 2. The molecule has 1 heterocycles. The van der Waals surface area contributed by atoms with E-state index in [-0.39, 0.29) is 52.2 Å². The first-order valence-electron chi connectivity index (χ1n) is 11.5. The third-order valence-electron chi connectivity index (χ3n) is 7.00. The van der Waals surface area contributed by atoms with E-state index in [1.54, 1.807) is 27.7 Å². The van der Waals surface area contributed by atoms with E-state index in [9.17, 15) is 30.0 Å². The van der Waals surface area contributed by atoms with Crippen molar-refractivity contribution < 1.29 is 34.8 Å². The van der Waals surface area contributed by atoms with Crippen molar-refractivity contribution in [1.82, 2.24) is 0 Å². The molecule has 0 radical (unpaired) electrons. The van der Waals surface area contributed by atoms with Crippen molar-refractivity contribution in [1.29, 1.82) is 0 Å². The second-order valence-electron chi connectivity index (χ2n) is 11.3. The quantitative estimate of drug-likeness (QED) is 0.457. The smallest absolute Gasteiger partial charge is 0.247 e. The number of fused-ring (bicyclic) bond motifs is 2. The molecule has 1 aliphatic carbocycles. The Morgan fingerprint density at radius 3 is 2.12 bits per heavy atom. The summed E-state index contributed by atoms with van der Waals surface area (Å²) in [7, 11) is 0. The molecule has 182 valence electrons. The second kappa shape index (κ2) is 7.76. The van der Waals surface area contributed by atoms with Gasteiger partial charge in [-0.3, -0.25) is 9.59 Å². The van der Waals surface area contributed by atoms with Crippen molar-refractivity contribution in [3.63, 3.8) is 0 Å². The summed E-state index contributed by atoms with van der Waals surface area (Å²) in [6.07, 6.45) is 0.513. The van der Waals surface area contributed by atoms with Gasteiger partial charge in [0, 0.05) is 29.5 Å². The van der Waals surface area contributed by atoms with Crippen LogP contribution in [0, 0.1) is 22.7 Å². The van der Waals surface area contributed by atoms with E-state index in [4.69, 9.17) is 4.74 Å². The van der Waals surface area contributed by atoms with E-state index >= 15 is 0 Å². The van der Waals surface area contributed by atoms with Crippen molar-refractivity contribution >= 4 is 11.6 Å². The molecule has 0 saturated heterocycles. The molecule has 0 saturated carbocycles. The van der Waals surface area contributed by atoms with Gasteiger partial charge in [0.1, 0.15) is 28.6 Å². The van der Waals surface area contributed by atoms with Gasteiger partial charge < -0.3 is 25.2 Å². The number of phenols is 2. The largest absolute Gasteiger partial charge is 0.511 e. The number of hydrogen-bond acceptors (Lipinski definition) is 7. The van der Waals surface area contributed by atoms with E-state index in [0.717, 1.165) is 6.07 Å². The summed E-state index contributed by atoms with van der Waals surface area (Å²) in [4.78, 5) is 26.5. The monoisotopic (exact) mass is 460 g/mol. The minimum Gasteiger partial charge on any atom is -0.511 e. The Kier molecular flexibility index (Phi) is 5.90. The van der Waals surface area contributed by atoms with Gasteiger partial charge in [-0.15, -0.1) is 0 Å². The molecular weight excluding hydrogens is 424 g/mol. The number of carbonyl (C=O) groups is 2. The zero-order valence-electron chi connectivity index (χ0n) is 20.7. The number of hydrogen-bond donors (Lipinski definition) is 4. The van der Waals surface area contributed by atoms with Crippen molar-refractivity contribution in [3.8, 4) is 17.2 Å². The Morgan fingerprint density at radius 2 is 1.61 bits per heavy atom. The molecule has 1 aromatic carbocycles. The maximum Gasteiger partial charge on any atom is 0.247 e. The average Bonchev–Trinajstić information content (AvgIpc) is 2.64. The topological polar surface area (TPSA) is 124 Å². The average molecular weight is 461 g/mol. The molecule has 33 heavy (non-hydrogen) atoms. The van der Waals surface area contributed by atoms with Gasteiger partial charge in [0.2, 0.25) is 5.79 Å². The number of Topliss-reactive ketones (excluding diaryl/α,β-unsaturated/α-hetero) is 2. The molecule has 0 bridgehead atoms. The van der Waals surface area contributed by atoms with Crippen LogP contribution < -0.4 is 4.74 Å². The highest BCUT2D eigenvalue weighted by Crippen LogP contribution is 2.62. The number of carbonyl (C=O) groups excluding carboxylic acids is 2. The molecule has 7 heteroatoms. The van der Waals surface area contributed by atoms with Crippen LogP contribution in [0.3, 0.4) is 0 Å². The minimum atomic E-state index is -2.27. The zero-order valence-corrected chi connectivity index (χ0v) is 20.7. The first kappa shape index (κ1) is 25.1.